The Morgan fingerprint density at radius 2 is 1.57 bits per heavy atom. The van der Waals surface area contributed by atoms with Crippen molar-refractivity contribution in [3.63, 3.8) is 0 Å². The molecular weight excluding hydrogens is 352 g/mol. The van der Waals surface area contributed by atoms with E-state index in [0.717, 1.165) is 27.5 Å². The molecule has 6 heteroatoms. The molecule has 4 rings (SSSR count). The Bertz CT molecular complexity index is 1230. The average Bonchev–Trinajstić information content (AvgIpc) is 2.71. The number of benzene rings is 2. The minimum absolute atomic E-state index is 0.227. The number of aromatic nitrogens is 2. The number of aryl methyl sites for hydroxylation is 2. The number of amides is 2. The summed E-state index contributed by atoms with van der Waals surface area (Å²) in [6, 6.07) is 18.4. The summed E-state index contributed by atoms with van der Waals surface area (Å²) in [5.74, 6) is -0.888. The highest BCUT2D eigenvalue weighted by molar-refractivity contribution is 6.07. The molecule has 0 spiro atoms. The molecular formula is C22H18N4O2. The van der Waals surface area contributed by atoms with Gasteiger partial charge in [-0.25, -0.2) is 4.98 Å². The zero-order valence-corrected chi connectivity index (χ0v) is 15.5. The number of para-hydroxylation sites is 1. The highest BCUT2D eigenvalue weighted by Gasteiger charge is 2.14. The van der Waals surface area contributed by atoms with E-state index in [9.17, 15) is 9.59 Å². The van der Waals surface area contributed by atoms with Crippen LogP contribution in [0.1, 0.15) is 32.1 Å². The first-order valence-electron chi connectivity index (χ1n) is 8.86. The number of rotatable bonds is 2. The molecule has 0 unspecified atom stereocenters. The second-order valence-corrected chi connectivity index (χ2v) is 6.63. The number of carbonyl (C=O) groups is 2. The molecule has 6 nitrogen and oxygen atoms in total. The molecule has 0 aliphatic rings. The van der Waals surface area contributed by atoms with Crippen LogP contribution in [0.25, 0.3) is 21.8 Å². The maximum absolute atomic E-state index is 12.7. The van der Waals surface area contributed by atoms with Crippen molar-refractivity contribution < 1.29 is 9.59 Å². The Hall–Kier alpha value is -3.80. The zero-order valence-electron chi connectivity index (χ0n) is 15.5. The smallest absolute Gasteiger partial charge is 0.267 e. The molecule has 2 aromatic heterocycles. The van der Waals surface area contributed by atoms with Crippen molar-refractivity contribution in [2.24, 2.45) is 0 Å². The molecule has 0 aliphatic heterocycles. The number of nitrogens with zero attached hydrogens (tertiary/aromatic N) is 2. The molecule has 0 radical (unpaired) electrons. The maximum atomic E-state index is 12.7. The van der Waals surface area contributed by atoms with Gasteiger partial charge < -0.3 is 0 Å². The molecule has 0 fully saturated rings. The molecule has 0 saturated carbocycles. The van der Waals surface area contributed by atoms with Gasteiger partial charge in [0, 0.05) is 16.5 Å². The summed E-state index contributed by atoms with van der Waals surface area (Å²) in [5, 5.41) is 1.68. The maximum Gasteiger partial charge on any atom is 0.288 e. The first-order valence-corrected chi connectivity index (χ1v) is 8.86. The van der Waals surface area contributed by atoms with Crippen LogP contribution in [0.2, 0.25) is 0 Å². The van der Waals surface area contributed by atoms with Crippen LogP contribution in [0, 0.1) is 13.8 Å². The SMILES string of the molecule is Cc1ccc2nc(C)cc(C(=O)NNC(=O)c3ccc4ccccc4n3)c2c1. The van der Waals surface area contributed by atoms with E-state index < -0.39 is 11.8 Å². The van der Waals surface area contributed by atoms with Crippen LogP contribution in [0.3, 0.4) is 0 Å². The van der Waals surface area contributed by atoms with Gasteiger partial charge in [-0.1, -0.05) is 35.9 Å². The van der Waals surface area contributed by atoms with E-state index in [1.807, 2.05) is 62.4 Å². The van der Waals surface area contributed by atoms with Gasteiger partial charge in [-0.05, 0) is 44.2 Å². The van der Waals surface area contributed by atoms with Gasteiger partial charge in [0.25, 0.3) is 11.8 Å². The third-order valence-electron chi connectivity index (χ3n) is 4.46. The quantitative estimate of drug-likeness (QED) is 0.529. The Balaban J connectivity index is 1.56. The monoisotopic (exact) mass is 370 g/mol. The van der Waals surface area contributed by atoms with Crippen LogP contribution in [0.15, 0.2) is 60.7 Å². The lowest BCUT2D eigenvalue weighted by molar-refractivity contribution is 0.0845. The van der Waals surface area contributed by atoms with Crippen molar-refractivity contribution in [1.29, 1.82) is 0 Å². The number of carbonyl (C=O) groups excluding carboxylic acids is 2. The van der Waals surface area contributed by atoms with Gasteiger partial charge >= 0.3 is 0 Å². The summed E-state index contributed by atoms with van der Waals surface area (Å²) in [6.07, 6.45) is 0. The summed E-state index contributed by atoms with van der Waals surface area (Å²) in [7, 11) is 0. The van der Waals surface area contributed by atoms with Crippen molar-refractivity contribution >= 4 is 33.6 Å². The third-order valence-corrected chi connectivity index (χ3v) is 4.46. The molecule has 2 N–H and O–H groups in total. The molecule has 0 atom stereocenters. The summed E-state index contributed by atoms with van der Waals surface area (Å²) < 4.78 is 0. The van der Waals surface area contributed by atoms with Crippen LogP contribution in [-0.4, -0.2) is 21.8 Å². The van der Waals surface area contributed by atoms with Gasteiger partial charge in [-0.2, -0.15) is 0 Å². The highest BCUT2D eigenvalue weighted by Crippen LogP contribution is 2.20. The standard InChI is InChI=1S/C22H18N4O2/c1-13-7-9-19-16(11-13)17(12-14(2)23-19)21(27)25-26-22(28)20-10-8-15-5-3-4-6-18(15)24-20/h3-12H,1-2H3,(H,25,27)(H,26,28). The van der Waals surface area contributed by atoms with Crippen LogP contribution < -0.4 is 10.9 Å². The van der Waals surface area contributed by atoms with Crippen LogP contribution in [-0.2, 0) is 0 Å². The Kier molecular flexibility index (Phi) is 4.45. The number of hydrazine groups is 1. The highest BCUT2D eigenvalue weighted by atomic mass is 16.2. The second kappa shape index (κ2) is 7.08. The fourth-order valence-electron chi connectivity index (χ4n) is 3.10. The minimum atomic E-state index is -0.481. The van der Waals surface area contributed by atoms with Gasteiger partial charge in [0.15, 0.2) is 0 Å². The molecule has 0 bridgehead atoms. The van der Waals surface area contributed by atoms with Crippen molar-refractivity contribution in [1.82, 2.24) is 20.8 Å². The van der Waals surface area contributed by atoms with Gasteiger partial charge in [0.2, 0.25) is 0 Å². The van der Waals surface area contributed by atoms with Crippen LogP contribution in [0.5, 0.6) is 0 Å². The first-order chi connectivity index (χ1) is 13.5. The van der Waals surface area contributed by atoms with E-state index in [1.165, 1.54) is 0 Å². The number of hydrogen-bond donors (Lipinski definition) is 2. The predicted molar refractivity (Wildman–Crippen MR) is 108 cm³/mol. The molecule has 2 amide bonds. The molecule has 28 heavy (non-hydrogen) atoms. The summed E-state index contributed by atoms with van der Waals surface area (Å²) in [5.41, 5.74) is 8.80. The predicted octanol–water partition coefficient (Wildman–Crippen LogP) is 3.47. The van der Waals surface area contributed by atoms with Crippen molar-refractivity contribution in [3.05, 3.63) is 83.2 Å². The largest absolute Gasteiger partial charge is 0.288 e. The molecule has 2 aromatic carbocycles. The summed E-state index contributed by atoms with van der Waals surface area (Å²) in [6.45, 7) is 3.78. The fraction of sp³-hybridized carbons (Fsp3) is 0.0909. The van der Waals surface area contributed by atoms with Gasteiger partial charge in [0.05, 0.1) is 16.6 Å². The van der Waals surface area contributed by atoms with Crippen LogP contribution in [0.4, 0.5) is 0 Å². The number of pyridine rings is 2. The summed E-state index contributed by atoms with van der Waals surface area (Å²) >= 11 is 0. The molecule has 2 heterocycles. The van der Waals surface area contributed by atoms with E-state index in [-0.39, 0.29) is 5.69 Å². The van der Waals surface area contributed by atoms with E-state index in [4.69, 9.17) is 0 Å². The Morgan fingerprint density at radius 3 is 2.43 bits per heavy atom. The van der Waals surface area contributed by atoms with Crippen molar-refractivity contribution in [2.45, 2.75) is 13.8 Å². The first kappa shape index (κ1) is 17.6. The Labute approximate surface area is 161 Å². The lowest BCUT2D eigenvalue weighted by Gasteiger charge is -2.11. The number of nitrogens with one attached hydrogen (secondary N) is 2. The van der Waals surface area contributed by atoms with Gasteiger partial charge in [0.1, 0.15) is 5.69 Å². The molecule has 138 valence electrons. The lowest BCUT2D eigenvalue weighted by Crippen LogP contribution is -2.42. The third kappa shape index (κ3) is 3.40. The van der Waals surface area contributed by atoms with E-state index in [0.29, 0.717) is 11.1 Å². The molecule has 4 aromatic rings. The van der Waals surface area contributed by atoms with E-state index in [1.54, 1.807) is 12.1 Å². The normalized spacial score (nSPS) is 10.8. The van der Waals surface area contributed by atoms with E-state index >= 15 is 0 Å². The zero-order chi connectivity index (χ0) is 19.7. The fourth-order valence-corrected chi connectivity index (χ4v) is 3.10. The Morgan fingerprint density at radius 1 is 0.786 bits per heavy atom. The molecule has 0 saturated heterocycles. The van der Waals surface area contributed by atoms with Gasteiger partial charge in [-0.15, -0.1) is 0 Å². The second-order valence-electron chi connectivity index (χ2n) is 6.63. The van der Waals surface area contributed by atoms with Gasteiger partial charge in [-0.3, -0.25) is 25.4 Å². The number of fused-ring (bicyclic) bond motifs is 2. The average molecular weight is 370 g/mol. The minimum Gasteiger partial charge on any atom is -0.267 e. The van der Waals surface area contributed by atoms with Crippen molar-refractivity contribution in [3.8, 4) is 0 Å². The lowest BCUT2D eigenvalue weighted by atomic mass is 10.0. The van der Waals surface area contributed by atoms with Crippen LogP contribution >= 0.6 is 0 Å². The topological polar surface area (TPSA) is 84.0 Å². The molecule has 0 aliphatic carbocycles. The summed E-state index contributed by atoms with van der Waals surface area (Å²) in [4.78, 5) is 33.9. The number of hydrogen-bond acceptors (Lipinski definition) is 4. The van der Waals surface area contributed by atoms with E-state index in [2.05, 4.69) is 20.8 Å². The van der Waals surface area contributed by atoms with Crippen molar-refractivity contribution in [2.75, 3.05) is 0 Å².